The summed E-state index contributed by atoms with van der Waals surface area (Å²) >= 11 is 0. The number of halogens is 6. The van der Waals surface area contributed by atoms with E-state index in [1.54, 1.807) is 12.1 Å². The molecule has 0 unspecified atom stereocenters. The summed E-state index contributed by atoms with van der Waals surface area (Å²) in [6, 6.07) is 6.42. The van der Waals surface area contributed by atoms with E-state index in [-0.39, 0.29) is 33.8 Å². The zero-order valence-corrected chi connectivity index (χ0v) is 23.4. The van der Waals surface area contributed by atoms with E-state index in [0.717, 1.165) is 72.2 Å². The van der Waals surface area contributed by atoms with Crippen LogP contribution in [0.5, 0.6) is 11.5 Å². The quantitative estimate of drug-likeness (QED) is 0.139. The van der Waals surface area contributed by atoms with Gasteiger partial charge < -0.3 is 9.05 Å². The van der Waals surface area contributed by atoms with Gasteiger partial charge in [0, 0.05) is 22.3 Å². The summed E-state index contributed by atoms with van der Waals surface area (Å²) in [6.45, 7) is 0. The maximum atomic E-state index is 14.5. The van der Waals surface area contributed by atoms with Gasteiger partial charge in [0.2, 0.25) is 0 Å². The average Bonchev–Trinajstić information content (AvgIpc) is 3.10. The first-order valence-electron chi connectivity index (χ1n) is 13.9. The maximum absolute atomic E-state index is 14.5. The topological polar surface area (TPSA) is 55.8 Å². The zero-order chi connectivity index (χ0) is 30.2. The molecule has 1 heterocycles. The van der Waals surface area contributed by atoms with Gasteiger partial charge in [-0.25, -0.2) is 30.9 Å². The van der Waals surface area contributed by atoms with Crippen LogP contribution in [0.2, 0.25) is 0 Å². The molecule has 1 N–H and O–H groups in total. The minimum atomic E-state index is -5.05. The van der Waals surface area contributed by atoms with Gasteiger partial charge in [0.15, 0.2) is 34.9 Å². The van der Waals surface area contributed by atoms with Gasteiger partial charge in [-0.15, -0.1) is 0 Å². The van der Waals surface area contributed by atoms with Crippen LogP contribution in [0.15, 0.2) is 36.4 Å². The number of phosphoric acid groups is 1. The number of phosphoric ester groups is 1. The molecule has 0 fully saturated rings. The van der Waals surface area contributed by atoms with Gasteiger partial charge in [0.05, 0.1) is 0 Å². The number of aryl methyl sites for hydroxylation is 2. The second-order valence-corrected chi connectivity index (χ2v) is 12.4. The standard InChI is InChI=1S/C32H23F6O4P/c33-23-11-17(12-24(34)29(23)37)21-9-15-5-1-3-7-19(15)27-28-20-8-4-2-6-16(20)10-22(18-13-25(35)30(38)26(36)14-18)32(28)42-43(39,40)41-31(21)27/h9-14H,1-8H2,(H,39,40). The molecule has 4 aromatic carbocycles. The first-order valence-corrected chi connectivity index (χ1v) is 15.4. The van der Waals surface area contributed by atoms with E-state index in [0.29, 0.717) is 36.8 Å². The van der Waals surface area contributed by atoms with Crippen molar-refractivity contribution >= 4 is 7.82 Å². The normalized spacial score (nSPS) is 16.6. The van der Waals surface area contributed by atoms with Gasteiger partial charge in [0.1, 0.15) is 11.5 Å². The lowest BCUT2D eigenvalue weighted by molar-refractivity contribution is 0.295. The van der Waals surface area contributed by atoms with E-state index < -0.39 is 42.7 Å². The highest BCUT2D eigenvalue weighted by atomic mass is 31.2. The van der Waals surface area contributed by atoms with Crippen LogP contribution in [0.3, 0.4) is 0 Å². The van der Waals surface area contributed by atoms with Crippen LogP contribution in [-0.4, -0.2) is 4.89 Å². The van der Waals surface area contributed by atoms with Gasteiger partial charge >= 0.3 is 7.82 Å². The lowest BCUT2D eigenvalue weighted by Crippen LogP contribution is -2.10. The highest BCUT2D eigenvalue weighted by Gasteiger charge is 2.40. The molecule has 0 aromatic heterocycles. The Kier molecular flexibility index (Phi) is 6.63. The SMILES string of the molecule is O=P1(O)Oc2c(-c3cc(F)c(F)c(F)c3)cc3c(c2-c2c4c(cc(-c5cc(F)c(F)c(F)c5)c2O1)CCCC4)CCCC3. The highest BCUT2D eigenvalue weighted by molar-refractivity contribution is 7.48. The van der Waals surface area contributed by atoms with Crippen LogP contribution >= 0.6 is 7.82 Å². The molecule has 0 saturated carbocycles. The fourth-order valence-electron chi connectivity index (χ4n) is 6.59. The van der Waals surface area contributed by atoms with Crippen molar-refractivity contribution in [3.63, 3.8) is 0 Å². The Morgan fingerprint density at radius 2 is 0.907 bits per heavy atom. The van der Waals surface area contributed by atoms with E-state index in [9.17, 15) is 35.8 Å². The molecule has 0 atom stereocenters. The number of hydrogen-bond donors (Lipinski definition) is 1. The number of benzene rings is 4. The number of fused-ring (bicyclic) bond motifs is 7. The predicted octanol–water partition coefficient (Wildman–Crippen LogP) is 9.15. The smallest absolute Gasteiger partial charge is 0.394 e. The van der Waals surface area contributed by atoms with Crippen molar-refractivity contribution in [2.45, 2.75) is 51.4 Å². The predicted molar refractivity (Wildman–Crippen MR) is 147 cm³/mol. The van der Waals surface area contributed by atoms with Gasteiger partial charge in [0.25, 0.3) is 0 Å². The molecule has 3 aliphatic rings. The molecular weight excluding hydrogens is 593 g/mol. The van der Waals surface area contributed by atoms with Crippen molar-refractivity contribution in [2.75, 3.05) is 0 Å². The van der Waals surface area contributed by atoms with E-state index in [1.807, 2.05) is 0 Å². The Labute approximate surface area is 242 Å². The lowest BCUT2D eigenvalue weighted by atomic mass is 9.77. The summed E-state index contributed by atoms with van der Waals surface area (Å²) in [5.41, 5.74) is 3.83. The summed E-state index contributed by atoms with van der Waals surface area (Å²) < 4.78 is 111. The first-order chi connectivity index (χ1) is 20.5. The molecule has 7 rings (SSSR count). The summed E-state index contributed by atoms with van der Waals surface area (Å²) in [5, 5.41) is 0. The minimum absolute atomic E-state index is 0.0630. The number of hydrogen-bond acceptors (Lipinski definition) is 3. The minimum Gasteiger partial charge on any atom is -0.394 e. The van der Waals surface area contributed by atoms with Gasteiger partial charge in [-0.1, -0.05) is 0 Å². The molecule has 0 saturated heterocycles. The Morgan fingerprint density at radius 3 is 1.28 bits per heavy atom. The molecule has 0 amide bonds. The summed E-state index contributed by atoms with van der Waals surface area (Å²) in [7, 11) is -5.05. The monoisotopic (exact) mass is 616 g/mol. The highest BCUT2D eigenvalue weighted by Crippen LogP contribution is 2.61. The van der Waals surface area contributed by atoms with Gasteiger partial charge in [-0.05, 0) is 121 Å². The van der Waals surface area contributed by atoms with Crippen LogP contribution < -0.4 is 9.05 Å². The average molecular weight is 616 g/mol. The van der Waals surface area contributed by atoms with E-state index in [1.165, 1.54) is 0 Å². The molecule has 0 spiro atoms. The Hall–Kier alpha value is -3.75. The maximum Gasteiger partial charge on any atom is 0.584 e. The molecule has 2 aliphatic carbocycles. The van der Waals surface area contributed by atoms with E-state index in [4.69, 9.17) is 9.05 Å². The number of rotatable bonds is 2. The molecule has 4 aromatic rings. The molecule has 4 nitrogen and oxygen atoms in total. The Morgan fingerprint density at radius 1 is 0.558 bits per heavy atom. The summed E-state index contributed by atoms with van der Waals surface area (Å²) in [5.74, 6) is -9.44. The van der Waals surface area contributed by atoms with Crippen molar-refractivity contribution < 1.29 is 44.8 Å². The molecular formula is C32H23F6O4P. The second kappa shape index (κ2) is 10.2. The van der Waals surface area contributed by atoms with Crippen LogP contribution in [0.4, 0.5) is 26.3 Å². The van der Waals surface area contributed by atoms with Crippen molar-refractivity contribution in [1.29, 1.82) is 0 Å². The van der Waals surface area contributed by atoms with Crippen LogP contribution in [0, 0.1) is 34.9 Å². The van der Waals surface area contributed by atoms with Gasteiger partial charge in [-0.2, -0.15) is 0 Å². The molecule has 0 radical (unpaired) electrons. The molecule has 1 aliphatic heterocycles. The van der Waals surface area contributed by atoms with E-state index >= 15 is 0 Å². The zero-order valence-electron chi connectivity index (χ0n) is 22.5. The summed E-state index contributed by atoms with van der Waals surface area (Å²) in [6.07, 6.45) is 5.45. The van der Waals surface area contributed by atoms with Crippen molar-refractivity contribution in [1.82, 2.24) is 0 Å². The largest absolute Gasteiger partial charge is 0.584 e. The second-order valence-electron chi connectivity index (χ2n) is 11.1. The van der Waals surface area contributed by atoms with Crippen LogP contribution in [-0.2, 0) is 30.2 Å². The van der Waals surface area contributed by atoms with Crippen molar-refractivity contribution in [3.05, 3.63) is 93.6 Å². The van der Waals surface area contributed by atoms with Crippen molar-refractivity contribution in [3.8, 4) is 44.9 Å². The Balaban J connectivity index is 1.63. The van der Waals surface area contributed by atoms with E-state index in [2.05, 4.69) is 0 Å². The molecule has 222 valence electrons. The Bertz CT molecular complexity index is 1730. The third-order valence-electron chi connectivity index (χ3n) is 8.46. The van der Waals surface area contributed by atoms with Crippen molar-refractivity contribution in [2.24, 2.45) is 0 Å². The van der Waals surface area contributed by atoms with Crippen LogP contribution in [0.1, 0.15) is 47.9 Å². The van der Waals surface area contributed by atoms with Gasteiger partial charge in [-0.3, -0.25) is 4.89 Å². The van der Waals surface area contributed by atoms with Crippen LogP contribution in [0.25, 0.3) is 33.4 Å². The third-order valence-corrected chi connectivity index (χ3v) is 9.28. The fraction of sp³-hybridized carbons (Fsp3) is 0.250. The lowest BCUT2D eigenvalue weighted by Gasteiger charge is -2.28. The molecule has 43 heavy (non-hydrogen) atoms. The fourth-order valence-corrected chi connectivity index (χ4v) is 7.47. The molecule has 11 heteroatoms. The molecule has 0 bridgehead atoms. The first kappa shape index (κ1) is 28.0. The summed E-state index contributed by atoms with van der Waals surface area (Å²) in [4.78, 5) is 11.0. The third kappa shape index (κ3) is 4.62.